The summed E-state index contributed by atoms with van der Waals surface area (Å²) in [5.74, 6) is 3.22. The van der Waals surface area contributed by atoms with Crippen molar-refractivity contribution in [2.75, 3.05) is 6.54 Å². The van der Waals surface area contributed by atoms with E-state index in [1.807, 2.05) is 0 Å². The van der Waals surface area contributed by atoms with Crippen molar-refractivity contribution < 1.29 is 19.8 Å². The van der Waals surface area contributed by atoms with Crippen LogP contribution >= 0.6 is 0 Å². The number of aliphatic carboxylic acids is 1. The van der Waals surface area contributed by atoms with E-state index in [1.165, 1.54) is 13.3 Å². The maximum absolute atomic E-state index is 11.2. The molecule has 0 aromatic heterocycles. The predicted molar refractivity (Wildman–Crippen MR) is 86.6 cm³/mol. The van der Waals surface area contributed by atoms with Crippen LogP contribution in [-0.4, -0.2) is 47.1 Å². The number of carboxylic acid groups (broad SMARTS) is 1. The Bertz CT molecular complexity index is 416. The minimum atomic E-state index is -0.966. The number of hydrazone groups is 1. The van der Waals surface area contributed by atoms with Gasteiger partial charge in [-0.2, -0.15) is 5.10 Å². The van der Waals surface area contributed by atoms with Gasteiger partial charge in [-0.1, -0.05) is 19.3 Å². The van der Waals surface area contributed by atoms with Crippen molar-refractivity contribution in [2.24, 2.45) is 22.8 Å². The lowest BCUT2D eigenvalue weighted by molar-refractivity contribution is -0.145. The van der Waals surface area contributed by atoms with Gasteiger partial charge in [0.05, 0.1) is 12.0 Å². The number of rotatable bonds is 10. The number of unbranched alkanes of at least 4 members (excludes halogenated alkanes) is 3. The van der Waals surface area contributed by atoms with Gasteiger partial charge in [-0.15, -0.1) is 0 Å². The number of nitrogens with two attached hydrogens (primary N) is 1. The molecule has 8 nitrogen and oxygen atoms in total. The largest absolute Gasteiger partial charge is 0.481 e. The maximum atomic E-state index is 11.2. The van der Waals surface area contributed by atoms with Gasteiger partial charge >= 0.3 is 5.97 Å². The fourth-order valence-electron chi connectivity index (χ4n) is 3.20. The Kier molecular flexibility index (Phi) is 8.39. The minimum Gasteiger partial charge on any atom is -0.481 e. The molecule has 0 bridgehead atoms. The SMILES string of the molecule is CC(=O)NCCCCCC[C@H]1[C@H](O)[C@@H](C(=O)O)C[C@H]1NC=NN. The molecule has 1 rings (SSSR count). The zero-order valence-electron chi connectivity index (χ0n) is 13.6. The first-order valence-corrected chi connectivity index (χ1v) is 8.10. The summed E-state index contributed by atoms with van der Waals surface area (Å²) in [4.78, 5) is 21.9. The Hall–Kier alpha value is -1.83. The second-order valence-corrected chi connectivity index (χ2v) is 6.07. The van der Waals surface area contributed by atoms with Crippen LogP contribution in [0.3, 0.4) is 0 Å². The number of amides is 1. The van der Waals surface area contributed by atoms with E-state index in [-0.39, 0.29) is 17.9 Å². The molecule has 0 radical (unpaired) electrons. The smallest absolute Gasteiger partial charge is 0.309 e. The van der Waals surface area contributed by atoms with E-state index in [4.69, 9.17) is 5.84 Å². The van der Waals surface area contributed by atoms with E-state index >= 15 is 0 Å². The highest BCUT2D eigenvalue weighted by Gasteiger charge is 2.45. The number of hydrogen-bond acceptors (Lipinski definition) is 5. The standard InChI is InChI=1S/C15H28N4O4/c1-10(20)17-7-5-3-2-4-6-11-13(18-9-19-16)8-12(14(11)21)15(22)23/h9,11-14,21H,2-8,16H2,1H3,(H,17,20)(H,18,19)(H,22,23)/t11-,12+,13-,14+/m1/s1. The van der Waals surface area contributed by atoms with Crippen LogP contribution in [0.5, 0.6) is 0 Å². The van der Waals surface area contributed by atoms with Gasteiger partial charge in [0.15, 0.2) is 0 Å². The highest BCUT2D eigenvalue weighted by molar-refractivity contribution is 5.72. The van der Waals surface area contributed by atoms with Crippen molar-refractivity contribution in [3.05, 3.63) is 0 Å². The van der Waals surface area contributed by atoms with Gasteiger partial charge in [0, 0.05) is 25.4 Å². The summed E-state index contributed by atoms with van der Waals surface area (Å²) in [6, 6.07) is -0.127. The summed E-state index contributed by atoms with van der Waals surface area (Å²) in [6.07, 6.45) is 5.43. The minimum absolute atomic E-state index is 0.0192. The van der Waals surface area contributed by atoms with Crippen molar-refractivity contribution in [3.8, 4) is 0 Å². The Morgan fingerprint density at radius 2 is 2.00 bits per heavy atom. The average molecular weight is 328 g/mol. The molecule has 0 spiro atoms. The summed E-state index contributed by atoms with van der Waals surface area (Å²) in [7, 11) is 0. The van der Waals surface area contributed by atoms with Crippen molar-refractivity contribution in [1.29, 1.82) is 0 Å². The van der Waals surface area contributed by atoms with E-state index in [0.717, 1.165) is 32.1 Å². The molecule has 0 saturated heterocycles. The van der Waals surface area contributed by atoms with Gasteiger partial charge in [-0.3, -0.25) is 9.59 Å². The van der Waals surface area contributed by atoms with Gasteiger partial charge in [0.25, 0.3) is 0 Å². The van der Waals surface area contributed by atoms with Crippen LogP contribution in [0.4, 0.5) is 0 Å². The molecule has 1 aliphatic carbocycles. The Morgan fingerprint density at radius 1 is 1.30 bits per heavy atom. The molecule has 0 aromatic rings. The second-order valence-electron chi connectivity index (χ2n) is 6.07. The third kappa shape index (κ3) is 6.43. The molecule has 4 atom stereocenters. The number of carbonyl (C=O) groups is 2. The third-order valence-corrected chi connectivity index (χ3v) is 4.39. The second kappa shape index (κ2) is 10.0. The van der Waals surface area contributed by atoms with Crippen LogP contribution < -0.4 is 16.5 Å². The summed E-state index contributed by atoms with van der Waals surface area (Å²) >= 11 is 0. The van der Waals surface area contributed by atoms with E-state index in [9.17, 15) is 19.8 Å². The highest BCUT2D eigenvalue weighted by atomic mass is 16.4. The highest BCUT2D eigenvalue weighted by Crippen LogP contribution is 2.35. The number of carbonyl (C=O) groups excluding carboxylic acids is 1. The predicted octanol–water partition coefficient (Wildman–Crippen LogP) is 0.0148. The first kappa shape index (κ1) is 19.2. The van der Waals surface area contributed by atoms with Crippen molar-refractivity contribution in [3.63, 3.8) is 0 Å². The normalized spacial score (nSPS) is 27.2. The fourth-order valence-corrected chi connectivity index (χ4v) is 3.20. The van der Waals surface area contributed by atoms with Crippen LogP contribution in [0.2, 0.25) is 0 Å². The zero-order chi connectivity index (χ0) is 17.2. The number of nitrogens with zero attached hydrogens (tertiary/aromatic N) is 1. The van der Waals surface area contributed by atoms with Gasteiger partial charge in [-0.05, 0) is 19.3 Å². The zero-order valence-corrected chi connectivity index (χ0v) is 13.6. The topological polar surface area (TPSA) is 137 Å². The summed E-state index contributed by atoms with van der Waals surface area (Å²) in [6.45, 7) is 2.18. The first-order chi connectivity index (χ1) is 11.0. The molecule has 8 heteroatoms. The number of hydrogen-bond donors (Lipinski definition) is 5. The van der Waals surface area contributed by atoms with Crippen molar-refractivity contribution >= 4 is 18.2 Å². The number of aliphatic hydroxyl groups is 1. The lowest BCUT2D eigenvalue weighted by atomic mass is 9.93. The van der Waals surface area contributed by atoms with Gasteiger partial charge in [-0.25, -0.2) is 0 Å². The molecule has 1 fully saturated rings. The van der Waals surface area contributed by atoms with Crippen LogP contribution in [-0.2, 0) is 9.59 Å². The molecular weight excluding hydrogens is 300 g/mol. The fraction of sp³-hybridized carbons (Fsp3) is 0.800. The van der Waals surface area contributed by atoms with E-state index in [0.29, 0.717) is 13.0 Å². The Labute approximate surface area is 136 Å². The molecule has 6 N–H and O–H groups in total. The molecule has 1 aliphatic rings. The monoisotopic (exact) mass is 328 g/mol. The summed E-state index contributed by atoms with van der Waals surface area (Å²) < 4.78 is 0. The molecular formula is C15H28N4O4. The molecule has 1 amide bonds. The molecule has 0 heterocycles. The van der Waals surface area contributed by atoms with Crippen LogP contribution in [0.15, 0.2) is 5.10 Å². The van der Waals surface area contributed by atoms with Crippen LogP contribution in [0.25, 0.3) is 0 Å². The molecule has 1 saturated carbocycles. The summed E-state index contributed by atoms with van der Waals surface area (Å²) in [5.41, 5.74) is 0. The number of carboxylic acids is 1. The third-order valence-electron chi connectivity index (χ3n) is 4.39. The molecule has 0 aliphatic heterocycles. The summed E-state index contributed by atoms with van der Waals surface area (Å²) in [5, 5.41) is 28.5. The number of nitrogens with one attached hydrogen (secondary N) is 2. The molecule has 0 aromatic carbocycles. The van der Waals surface area contributed by atoms with Gasteiger partial charge < -0.3 is 26.7 Å². The molecule has 132 valence electrons. The van der Waals surface area contributed by atoms with Crippen LogP contribution in [0.1, 0.15) is 45.4 Å². The lowest BCUT2D eigenvalue weighted by Crippen LogP contribution is -2.35. The quantitative estimate of drug-likeness (QED) is 0.126. The van der Waals surface area contributed by atoms with E-state index in [2.05, 4.69) is 15.7 Å². The molecule has 0 unspecified atom stereocenters. The van der Waals surface area contributed by atoms with Crippen LogP contribution in [0, 0.1) is 11.8 Å². The Morgan fingerprint density at radius 3 is 2.61 bits per heavy atom. The number of aliphatic hydroxyl groups excluding tert-OH is 1. The van der Waals surface area contributed by atoms with E-state index < -0.39 is 18.0 Å². The van der Waals surface area contributed by atoms with E-state index in [1.54, 1.807) is 0 Å². The lowest BCUT2D eigenvalue weighted by Gasteiger charge is -2.22. The Balaban J connectivity index is 2.35. The van der Waals surface area contributed by atoms with Gasteiger partial charge in [0.2, 0.25) is 5.91 Å². The van der Waals surface area contributed by atoms with Gasteiger partial charge in [0.1, 0.15) is 6.34 Å². The maximum Gasteiger partial charge on any atom is 0.309 e. The molecule has 23 heavy (non-hydrogen) atoms. The van der Waals surface area contributed by atoms with Crippen molar-refractivity contribution in [1.82, 2.24) is 10.6 Å². The van der Waals surface area contributed by atoms with Crippen molar-refractivity contribution in [2.45, 2.75) is 57.6 Å². The first-order valence-electron chi connectivity index (χ1n) is 8.10. The average Bonchev–Trinajstić information content (AvgIpc) is 2.80.